The zero-order valence-electron chi connectivity index (χ0n) is 10.8. The van der Waals surface area contributed by atoms with Crippen LogP contribution in [-0.2, 0) is 0 Å². The van der Waals surface area contributed by atoms with Crippen molar-refractivity contribution in [3.05, 3.63) is 17.5 Å². The van der Waals surface area contributed by atoms with Gasteiger partial charge in [-0.05, 0) is 19.3 Å². The monoisotopic (exact) mass is 323 g/mol. The molecular weight excluding hydrogens is 311 g/mol. The molecule has 0 radical (unpaired) electrons. The van der Waals surface area contributed by atoms with Crippen LogP contribution in [0, 0.1) is 0 Å². The maximum atomic E-state index is 12.9. The van der Waals surface area contributed by atoms with E-state index >= 15 is 0 Å². The van der Waals surface area contributed by atoms with E-state index in [0.717, 1.165) is 4.90 Å². The number of carbonyl (C=O) groups excluding carboxylic acids is 1. The van der Waals surface area contributed by atoms with E-state index < -0.39 is 18.2 Å². The summed E-state index contributed by atoms with van der Waals surface area (Å²) in [6.45, 7) is 0.0475. The molecule has 1 unspecified atom stereocenters. The first-order chi connectivity index (χ1) is 9.89. The number of nitrogens with zero attached hydrogens (tertiary/aromatic N) is 3. The van der Waals surface area contributed by atoms with Crippen molar-refractivity contribution in [1.82, 2.24) is 20.3 Å². The number of hydrogen-bond donors (Lipinski definition) is 2. The Balaban J connectivity index is 2.00. The molecule has 0 bridgehead atoms. The lowest BCUT2D eigenvalue weighted by Gasteiger charge is -2.36. The highest BCUT2D eigenvalue weighted by Gasteiger charge is 2.46. The number of anilines is 1. The Morgan fingerprint density at radius 2 is 2.05 bits per heavy atom. The van der Waals surface area contributed by atoms with Gasteiger partial charge in [0, 0.05) is 18.9 Å². The molecule has 1 saturated heterocycles. The van der Waals surface area contributed by atoms with Crippen molar-refractivity contribution in [3.8, 4) is 0 Å². The second-order valence-corrected chi connectivity index (χ2v) is 4.86. The molecule has 2 N–H and O–H groups in total. The van der Waals surface area contributed by atoms with Crippen LogP contribution in [0.25, 0.3) is 0 Å². The number of halogens is 4. The molecule has 2 rings (SSSR count). The summed E-state index contributed by atoms with van der Waals surface area (Å²) < 4.78 is 38.7. The maximum absolute atomic E-state index is 12.9. The van der Waals surface area contributed by atoms with Crippen LogP contribution in [0.5, 0.6) is 0 Å². The predicted octanol–water partition coefficient (Wildman–Crippen LogP) is 2.58. The second-order valence-electron chi connectivity index (χ2n) is 4.50. The first-order valence-electron chi connectivity index (χ1n) is 6.25. The van der Waals surface area contributed by atoms with Gasteiger partial charge >= 0.3 is 12.2 Å². The smallest absolute Gasteiger partial charge is 0.311 e. The van der Waals surface area contributed by atoms with Gasteiger partial charge in [0.2, 0.25) is 0 Å². The number of aromatic nitrogens is 2. The van der Waals surface area contributed by atoms with Crippen LogP contribution in [0.2, 0.25) is 5.15 Å². The fraction of sp³-hybridized carbons (Fsp3) is 0.545. The van der Waals surface area contributed by atoms with Gasteiger partial charge in [-0.3, -0.25) is 10.9 Å². The summed E-state index contributed by atoms with van der Waals surface area (Å²) in [5, 5.41) is 0.00353. The van der Waals surface area contributed by atoms with E-state index in [-0.39, 0.29) is 23.9 Å². The highest BCUT2D eigenvalue weighted by Crippen LogP contribution is 2.31. The normalized spacial score (nSPS) is 19.2. The molecule has 0 saturated carbocycles. The minimum atomic E-state index is -4.44. The number of amides is 2. The molecule has 1 aromatic rings. The van der Waals surface area contributed by atoms with Gasteiger partial charge in [0.1, 0.15) is 6.04 Å². The summed E-state index contributed by atoms with van der Waals surface area (Å²) in [4.78, 5) is 20.2. The Morgan fingerprint density at radius 1 is 1.33 bits per heavy atom. The van der Waals surface area contributed by atoms with Gasteiger partial charge in [-0.25, -0.2) is 14.8 Å². The molecule has 0 spiro atoms. The van der Waals surface area contributed by atoms with Gasteiger partial charge in [0.05, 0.1) is 0 Å². The van der Waals surface area contributed by atoms with Gasteiger partial charge in [-0.2, -0.15) is 13.2 Å². The van der Waals surface area contributed by atoms with Crippen LogP contribution in [0.3, 0.4) is 0 Å². The van der Waals surface area contributed by atoms with Crippen molar-refractivity contribution in [2.45, 2.75) is 31.5 Å². The molecule has 1 aromatic heterocycles. The lowest BCUT2D eigenvalue weighted by atomic mass is 10.0. The molecule has 1 aliphatic rings. The molecule has 1 fully saturated rings. The number of piperidine rings is 1. The Hall–Kier alpha value is -1.77. The third kappa shape index (κ3) is 3.87. The third-order valence-electron chi connectivity index (χ3n) is 3.08. The van der Waals surface area contributed by atoms with Gasteiger partial charge < -0.3 is 4.90 Å². The quantitative estimate of drug-likeness (QED) is 0.821. The molecular formula is C11H13ClF3N5O. The van der Waals surface area contributed by atoms with Crippen molar-refractivity contribution in [3.63, 3.8) is 0 Å². The fourth-order valence-corrected chi connectivity index (χ4v) is 2.26. The van der Waals surface area contributed by atoms with E-state index in [1.807, 2.05) is 0 Å². The number of hydrazine groups is 1. The van der Waals surface area contributed by atoms with E-state index in [4.69, 9.17) is 11.6 Å². The molecule has 116 valence electrons. The van der Waals surface area contributed by atoms with E-state index in [0.29, 0.717) is 12.8 Å². The Morgan fingerprint density at radius 3 is 2.71 bits per heavy atom. The first-order valence-corrected chi connectivity index (χ1v) is 6.63. The number of carbonyl (C=O) groups is 1. The molecule has 1 atom stereocenters. The summed E-state index contributed by atoms with van der Waals surface area (Å²) in [6.07, 6.45) is -0.881. The Kier molecular flexibility index (Phi) is 4.71. The van der Waals surface area contributed by atoms with Crippen molar-refractivity contribution < 1.29 is 18.0 Å². The first kappa shape index (κ1) is 15.6. The molecule has 1 aliphatic heterocycles. The number of urea groups is 1. The van der Waals surface area contributed by atoms with Crippen LogP contribution >= 0.6 is 11.6 Å². The number of likely N-dealkylation sites (tertiary alicyclic amines) is 1. The number of alkyl halides is 3. The van der Waals surface area contributed by atoms with E-state index in [9.17, 15) is 18.0 Å². The largest absolute Gasteiger partial charge is 0.408 e. The molecule has 0 aromatic carbocycles. The molecule has 2 heterocycles. The summed E-state index contributed by atoms with van der Waals surface area (Å²) in [6, 6.07) is -2.65. The van der Waals surface area contributed by atoms with Gasteiger partial charge in [0.15, 0.2) is 11.0 Å². The van der Waals surface area contributed by atoms with Crippen molar-refractivity contribution in [1.29, 1.82) is 0 Å². The lowest BCUT2D eigenvalue weighted by Crippen LogP contribution is -2.55. The Bertz CT molecular complexity index is 513. The number of hydrogen-bond acceptors (Lipinski definition) is 4. The topological polar surface area (TPSA) is 70.1 Å². The van der Waals surface area contributed by atoms with Crippen molar-refractivity contribution in [2.75, 3.05) is 12.0 Å². The summed E-state index contributed by atoms with van der Waals surface area (Å²) in [5.74, 6) is 0.0630. The molecule has 6 nitrogen and oxygen atoms in total. The Labute approximate surface area is 123 Å². The minimum absolute atomic E-state index is 0.00353. The van der Waals surface area contributed by atoms with E-state index in [1.165, 1.54) is 12.4 Å². The van der Waals surface area contributed by atoms with Crippen LogP contribution in [0.15, 0.2) is 12.4 Å². The average Bonchev–Trinajstić information content (AvgIpc) is 2.45. The highest BCUT2D eigenvalue weighted by molar-refractivity contribution is 6.31. The summed E-state index contributed by atoms with van der Waals surface area (Å²) >= 11 is 5.71. The lowest BCUT2D eigenvalue weighted by molar-refractivity contribution is -0.182. The summed E-state index contributed by atoms with van der Waals surface area (Å²) in [5.41, 5.74) is 4.53. The maximum Gasteiger partial charge on any atom is 0.408 e. The fourth-order valence-electron chi connectivity index (χ4n) is 2.10. The van der Waals surface area contributed by atoms with Crippen molar-refractivity contribution >= 4 is 23.4 Å². The minimum Gasteiger partial charge on any atom is -0.311 e. The van der Waals surface area contributed by atoms with Crippen molar-refractivity contribution in [2.24, 2.45) is 0 Å². The second kappa shape index (κ2) is 6.33. The molecule has 21 heavy (non-hydrogen) atoms. The highest BCUT2D eigenvalue weighted by atomic mass is 35.5. The standard InChI is InChI=1S/C11H13ClF3N5O/c12-8-9(17-5-4-16-8)18-19-10(21)20-6-2-1-3-7(20)11(13,14)15/h4-5,7H,1-3,6H2,(H,17,18)(H,19,21). The van der Waals surface area contributed by atoms with E-state index in [2.05, 4.69) is 20.8 Å². The van der Waals surface area contributed by atoms with Gasteiger partial charge in [-0.15, -0.1) is 0 Å². The third-order valence-corrected chi connectivity index (χ3v) is 3.36. The van der Waals surface area contributed by atoms with Gasteiger partial charge in [-0.1, -0.05) is 11.6 Å². The zero-order valence-corrected chi connectivity index (χ0v) is 11.6. The predicted molar refractivity (Wildman–Crippen MR) is 69.6 cm³/mol. The van der Waals surface area contributed by atoms with Crippen LogP contribution in [0.1, 0.15) is 19.3 Å². The summed E-state index contributed by atoms with van der Waals surface area (Å²) in [7, 11) is 0. The van der Waals surface area contributed by atoms with Crippen LogP contribution in [-0.4, -0.2) is 39.7 Å². The molecule has 10 heteroatoms. The number of nitrogens with one attached hydrogen (secondary N) is 2. The number of rotatable bonds is 2. The zero-order chi connectivity index (χ0) is 15.5. The van der Waals surface area contributed by atoms with Crippen LogP contribution in [0.4, 0.5) is 23.8 Å². The molecule has 0 aliphatic carbocycles. The van der Waals surface area contributed by atoms with Crippen LogP contribution < -0.4 is 10.9 Å². The van der Waals surface area contributed by atoms with Gasteiger partial charge in [0.25, 0.3) is 0 Å². The molecule has 2 amide bonds. The van der Waals surface area contributed by atoms with E-state index in [1.54, 1.807) is 0 Å². The SMILES string of the molecule is O=C(NNc1nccnc1Cl)N1CCCCC1C(F)(F)F. The average molecular weight is 324 g/mol.